The van der Waals surface area contributed by atoms with E-state index in [1.54, 1.807) is 25.5 Å². The van der Waals surface area contributed by atoms with E-state index in [1.807, 2.05) is 72.4 Å². The van der Waals surface area contributed by atoms with Crippen molar-refractivity contribution in [2.45, 2.75) is 13.5 Å². The molecule has 0 radical (unpaired) electrons. The summed E-state index contributed by atoms with van der Waals surface area (Å²) in [5.74, 6) is -0.122. The first kappa shape index (κ1) is 23.4. The second-order valence-electron chi connectivity index (χ2n) is 8.49. The van der Waals surface area contributed by atoms with Crippen molar-refractivity contribution in [3.05, 3.63) is 127 Å². The fraction of sp³-hybridized carbons (Fsp3) is 0.103. The molecule has 0 aliphatic carbocycles. The number of hydrogen-bond donors (Lipinski definition) is 0. The molecule has 2 aromatic carbocycles. The van der Waals surface area contributed by atoms with Gasteiger partial charge < -0.3 is 4.57 Å². The molecule has 6 nitrogen and oxygen atoms in total. The van der Waals surface area contributed by atoms with E-state index < -0.39 is 0 Å². The molecule has 0 saturated carbocycles. The Bertz CT molecular complexity index is 1710. The first-order valence-electron chi connectivity index (χ1n) is 11.5. The van der Waals surface area contributed by atoms with E-state index in [1.165, 1.54) is 22.0 Å². The summed E-state index contributed by atoms with van der Waals surface area (Å²) < 4.78 is 4.52. The summed E-state index contributed by atoms with van der Waals surface area (Å²) in [5, 5.41) is 4.81. The number of ketones is 1. The van der Waals surface area contributed by atoms with E-state index in [2.05, 4.69) is 17.1 Å². The molecule has 0 atom stereocenters. The molecule has 5 aromatic rings. The fourth-order valence-electron chi connectivity index (χ4n) is 4.01. The minimum atomic E-state index is -0.156. The molecular weight excluding hydrogens is 468 g/mol. The molecule has 3 heterocycles. The molecule has 3 aromatic heterocycles. The SMILES string of the molecule is Cc1ccccc1C(=O)/C=c1/s/c(=C/c2cn(Cc3ccccc3)nc2-c2cccnc2)c(=O)n1C. The number of pyridine rings is 1. The second-order valence-corrected chi connectivity index (χ2v) is 9.56. The average molecular weight is 493 g/mol. The number of aromatic nitrogens is 4. The summed E-state index contributed by atoms with van der Waals surface area (Å²) in [6, 6.07) is 21.3. The Morgan fingerprint density at radius 1 is 1.03 bits per heavy atom. The predicted molar refractivity (Wildman–Crippen MR) is 143 cm³/mol. The van der Waals surface area contributed by atoms with Crippen molar-refractivity contribution in [3.63, 3.8) is 0 Å². The maximum atomic E-state index is 13.1. The monoisotopic (exact) mass is 492 g/mol. The van der Waals surface area contributed by atoms with Crippen LogP contribution in [0.4, 0.5) is 0 Å². The van der Waals surface area contributed by atoms with Crippen LogP contribution in [-0.2, 0) is 13.6 Å². The molecule has 0 bridgehead atoms. The molecule has 0 N–H and O–H groups in total. The summed E-state index contributed by atoms with van der Waals surface area (Å²) in [6.07, 6.45) is 8.80. The molecule has 36 heavy (non-hydrogen) atoms. The summed E-state index contributed by atoms with van der Waals surface area (Å²) in [7, 11) is 1.69. The third-order valence-electron chi connectivity index (χ3n) is 5.92. The zero-order valence-electron chi connectivity index (χ0n) is 20.0. The normalized spacial score (nSPS) is 12.3. The smallest absolute Gasteiger partial charge is 0.268 e. The van der Waals surface area contributed by atoms with Crippen LogP contribution in [0.15, 0.2) is 90.1 Å². The number of Topliss-reactive ketones (excluding diaryl/α,β-unsaturated/α-hetero) is 1. The lowest BCUT2D eigenvalue weighted by atomic mass is 10.1. The van der Waals surface area contributed by atoms with Gasteiger partial charge in [-0.1, -0.05) is 54.6 Å². The summed E-state index contributed by atoms with van der Waals surface area (Å²) in [4.78, 5) is 30.2. The van der Waals surface area contributed by atoms with Gasteiger partial charge in [0, 0.05) is 48.4 Å². The Morgan fingerprint density at radius 2 is 1.81 bits per heavy atom. The third kappa shape index (κ3) is 4.87. The van der Waals surface area contributed by atoms with E-state index >= 15 is 0 Å². The molecular formula is C29H24N4O2S. The first-order chi connectivity index (χ1) is 17.5. The van der Waals surface area contributed by atoms with E-state index in [0.29, 0.717) is 21.3 Å². The quantitative estimate of drug-likeness (QED) is 0.340. The van der Waals surface area contributed by atoms with Crippen LogP contribution in [0, 0.1) is 6.92 Å². The van der Waals surface area contributed by atoms with Crippen molar-refractivity contribution in [1.82, 2.24) is 19.3 Å². The molecule has 0 unspecified atom stereocenters. The Hall–Kier alpha value is -4.36. The molecule has 0 aliphatic heterocycles. The number of aryl methyl sites for hydroxylation is 1. The van der Waals surface area contributed by atoms with Gasteiger partial charge in [-0.15, -0.1) is 11.3 Å². The van der Waals surface area contributed by atoms with Crippen molar-refractivity contribution in [3.8, 4) is 11.3 Å². The number of nitrogens with zero attached hydrogens (tertiary/aromatic N) is 4. The van der Waals surface area contributed by atoms with Gasteiger partial charge in [0.15, 0.2) is 5.78 Å². The van der Waals surface area contributed by atoms with Gasteiger partial charge in [0.2, 0.25) is 0 Å². The molecule has 0 aliphatic rings. The standard InChI is InChI=1S/C29H24N4O2S/c1-20-9-6-7-13-24(20)25(34)16-27-32(2)29(35)26(36-27)15-23-19-33(18-21-10-4-3-5-11-21)31-28(23)22-12-8-14-30-17-22/h3-17,19H,18H2,1-2H3/b26-15+,27-16+. The van der Waals surface area contributed by atoms with Crippen LogP contribution in [-0.4, -0.2) is 25.1 Å². The van der Waals surface area contributed by atoms with Gasteiger partial charge in [-0.25, -0.2) is 0 Å². The lowest BCUT2D eigenvalue weighted by Crippen LogP contribution is -2.29. The maximum Gasteiger partial charge on any atom is 0.268 e. The minimum Gasteiger partial charge on any atom is -0.302 e. The van der Waals surface area contributed by atoms with Crippen LogP contribution < -0.4 is 14.8 Å². The van der Waals surface area contributed by atoms with Gasteiger partial charge in [0.05, 0.1) is 11.1 Å². The molecule has 7 heteroatoms. The van der Waals surface area contributed by atoms with E-state index in [4.69, 9.17) is 5.10 Å². The summed E-state index contributed by atoms with van der Waals surface area (Å²) in [5.41, 5.74) is 4.93. The summed E-state index contributed by atoms with van der Waals surface area (Å²) in [6.45, 7) is 2.51. The van der Waals surface area contributed by atoms with E-state index in [-0.39, 0.29) is 11.3 Å². The molecule has 5 rings (SSSR count). The number of thiazole rings is 1. The van der Waals surface area contributed by atoms with Crippen LogP contribution in [0.25, 0.3) is 23.4 Å². The Kier molecular flexibility index (Phi) is 6.56. The molecule has 0 saturated heterocycles. The van der Waals surface area contributed by atoms with Crippen molar-refractivity contribution in [1.29, 1.82) is 0 Å². The lowest BCUT2D eigenvalue weighted by molar-refractivity contribution is 0.106. The Morgan fingerprint density at radius 3 is 2.56 bits per heavy atom. The number of rotatable bonds is 6. The zero-order valence-corrected chi connectivity index (χ0v) is 20.8. The van der Waals surface area contributed by atoms with Crippen molar-refractivity contribution in [2.24, 2.45) is 7.05 Å². The number of carbonyl (C=O) groups excluding carboxylic acids is 1. The zero-order chi connectivity index (χ0) is 25.1. The molecule has 0 fully saturated rings. The van der Waals surface area contributed by atoms with Gasteiger partial charge in [0.25, 0.3) is 5.56 Å². The number of carbonyl (C=O) groups is 1. The van der Waals surface area contributed by atoms with Crippen molar-refractivity contribution in [2.75, 3.05) is 0 Å². The highest BCUT2D eigenvalue weighted by Crippen LogP contribution is 2.22. The molecule has 0 amide bonds. The van der Waals surface area contributed by atoms with Gasteiger partial charge in [-0.05, 0) is 36.3 Å². The number of benzene rings is 2. The minimum absolute atomic E-state index is 0.122. The van der Waals surface area contributed by atoms with Crippen LogP contribution in [0.3, 0.4) is 0 Å². The lowest BCUT2D eigenvalue weighted by Gasteiger charge is -2.01. The second kappa shape index (κ2) is 10.1. The molecule has 0 spiro atoms. The van der Waals surface area contributed by atoms with Gasteiger partial charge in [0.1, 0.15) is 10.4 Å². The van der Waals surface area contributed by atoms with Crippen LogP contribution in [0.5, 0.6) is 0 Å². The average Bonchev–Trinajstić information content (AvgIpc) is 3.41. The first-order valence-corrected chi connectivity index (χ1v) is 12.3. The van der Waals surface area contributed by atoms with Crippen LogP contribution >= 0.6 is 11.3 Å². The van der Waals surface area contributed by atoms with Gasteiger partial charge in [-0.2, -0.15) is 5.10 Å². The Balaban J connectivity index is 1.60. The van der Waals surface area contributed by atoms with E-state index in [9.17, 15) is 9.59 Å². The largest absolute Gasteiger partial charge is 0.302 e. The maximum absolute atomic E-state index is 13.1. The molecule has 178 valence electrons. The van der Waals surface area contributed by atoms with E-state index in [0.717, 1.165) is 27.9 Å². The number of hydrogen-bond acceptors (Lipinski definition) is 5. The van der Waals surface area contributed by atoms with Gasteiger partial charge >= 0.3 is 0 Å². The van der Waals surface area contributed by atoms with Crippen molar-refractivity contribution >= 4 is 29.3 Å². The third-order valence-corrected chi connectivity index (χ3v) is 7.04. The topological polar surface area (TPSA) is 69.8 Å². The fourth-order valence-corrected chi connectivity index (χ4v) is 5.03. The summed E-state index contributed by atoms with van der Waals surface area (Å²) >= 11 is 1.29. The van der Waals surface area contributed by atoms with Crippen LogP contribution in [0.2, 0.25) is 0 Å². The van der Waals surface area contributed by atoms with Crippen molar-refractivity contribution < 1.29 is 4.79 Å². The van der Waals surface area contributed by atoms with Gasteiger partial charge in [-0.3, -0.25) is 19.3 Å². The predicted octanol–water partition coefficient (Wildman–Crippen LogP) is 3.55. The highest BCUT2D eigenvalue weighted by Gasteiger charge is 2.12. The van der Waals surface area contributed by atoms with Crippen LogP contribution in [0.1, 0.15) is 27.0 Å². The Labute approximate surface area is 212 Å². The highest BCUT2D eigenvalue weighted by molar-refractivity contribution is 7.07. The highest BCUT2D eigenvalue weighted by atomic mass is 32.1.